The van der Waals surface area contributed by atoms with Crippen molar-refractivity contribution in [2.24, 2.45) is 7.05 Å². The van der Waals surface area contributed by atoms with Crippen molar-refractivity contribution >= 4 is 46.3 Å². The van der Waals surface area contributed by atoms with E-state index < -0.39 is 5.51 Å². The van der Waals surface area contributed by atoms with Crippen LogP contribution in [-0.4, -0.2) is 31.5 Å². The summed E-state index contributed by atoms with van der Waals surface area (Å²) in [5.74, 6) is 2.46. The lowest BCUT2D eigenvalue weighted by Gasteiger charge is -2.09. The molecule has 3 rings (SSSR count). The predicted molar refractivity (Wildman–Crippen MR) is 109 cm³/mol. The molecule has 0 aliphatic carbocycles. The fourth-order valence-corrected chi connectivity index (χ4v) is 4.62. The lowest BCUT2D eigenvalue weighted by Crippen LogP contribution is -1.99. The van der Waals surface area contributed by atoms with Crippen molar-refractivity contribution in [2.75, 3.05) is 11.5 Å². The largest absolute Gasteiger partial charge is 0.446 e. The average molecular weight is 430 g/mol. The molecule has 0 amide bonds. The molecule has 27 heavy (non-hydrogen) atoms. The van der Waals surface area contributed by atoms with Crippen LogP contribution in [0.3, 0.4) is 0 Å². The summed E-state index contributed by atoms with van der Waals surface area (Å²) in [6.07, 6.45) is 0. The molecule has 0 saturated heterocycles. The Bertz CT molecular complexity index is 954. The number of halogens is 3. The Balaban J connectivity index is 2.10. The molecule has 0 bridgehead atoms. The van der Waals surface area contributed by atoms with Gasteiger partial charge in [-0.15, -0.1) is 23.5 Å². The number of aryl methyl sites for hydroxylation is 1. The highest BCUT2D eigenvalue weighted by molar-refractivity contribution is 8.00. The highest BCUT2D eigenvalue weighted by Gasteiger charge is 2.29. The molecule has 144 valence electrons. The molecule has 2 heterocycles. The fraction of sp³-hybridized carbons (Fsp3) is 0.333. The third-order valence-electron chi connectivity index (χ3n) is 3.72. The number of aromatic nitrogens is 3. The molecule has 0 atom stereocenters. The second-order valence-corrected chi connectivity index (χ2v) is 9.28. The molecule has 3 aromatic rings. The summed E-state index contributed by atoms with van der Waals surface area (Å²) in [4.78, 5) is 10.5. The molecule has 0 aliphatic rings. The molecule has 0 saturated carbocycles. The van der Waals surface area contributed by atoms with E-state index in [9.17, 15) is 13.2 Å². The van der Waals surface area contributed by atoms with Gasteiger partial charge in [-0.05, 0) is 53.6 Å². The van der Waals surface area contributed by atoms with E-state index in [4.69, 9.17) is 4.98 Å². The fourth-order valence-electron chi connectivity index (χ4n) is 2.68. The summed E-state index contributed by atoms with van der Waals surface area (Å²) >= 11 is 3.20. The van der Waals surface area contributed by atoms with Crippen LogP contribution < -0.4 is 0 Å². The summed E-state index contributed by atoms with van der Waals surface area (Å²) in [5, 5.41) is 0.910. The standard InChI is InChI=1S/C18H18F3N3S3/c1-4-25-14-8-9-15(26-5-2)23-16(14)17-22-12-10-11(27-18(19,20)21)6-7-13(12)24(17)3/h6-10H,4-5H2,1-3H3. The highest BCUT2D eigenvalue weighted by Crippen LogP contribution is 2.39. The molecular weight excluding hydrogens is 411 g/mol. The first kappa shape index (κ1) is 20.4. The van der Waals surface area contributed by atoms with E-state index in [-0.39, 0.29) is 16.7 Å². The van der Waals surface area contributed by atoms with E-state index in [1.54, 1.807) is 29.6 Å². The van der Waals surface area contributed by atoms with Gasteiger partial charge in [0.15, 0.2) is 5.82 Å². The Kier molecular flexibility index (Phi) is 6.32. The van der Waals surface area contributed by atoms with E-state index in [1.165, 1.54) is 12.1 Å². The van der Waals surface area contributed by atoms with Crippen molar-refractivity contribution in [3.05, 3.63) is 30.3 Å². The van der Waals surface area contributed by atoms with Crippen molar-refractivity contribution in [3.8, 4) is 11.5 Å². The van der Waals surface area contributed by atoms with Crippen LogP contribution in [0, 0.1) is 0 Å². The third-order valence-corrected chi connectivity index (χ3v) is 6.18. The van der Waals surface area contributed by atoms with Crippen molar-refractivity contribution in [1.29, 1.82) is 0 Å². The maximum Gasteiger partial charge on any atom is 0.446 e. The number of thioether (sulfide) groups is 3. The number of fused-ring (bicyclic) bond motifs is 1. The summed E-state index contributed by atoms with van der Waals surface area (Å²) < 4.78 is 39.9. The van der Waals surface area contributed by atoms with Crippen molar-refractivity contribution in [1.82, 2.24) is 14.5 Å². The smallest absolute Gasteiger partial charge is 0.326 e. The summed E-state index contributed by atoms with van der Waals surface area (Å²) in [6.45, 7) is 4.13. The van der Waals surface area contributed by atoms with Crippen molar-refractivity contribution < 1.29 is 13.2 Å². The molecule has 0 N–H and O–H groups in total. The minimum absolute atomic E-state index is 0.125. The van der Waals surface area contributed by atoms with Crippen LogP contribution >= 0.6 is 35.3 Å². The van der Waals surface area contributed by atoms with E-state index in [2.05, 4.69) is 18.8 Å². The van der Waals surface area contributed by atoms with Gasteiger partial charge in [0.2, 0.25) is 0 Å². The van der Waals surface area contributed by atoms with Gasteiger partial charge in [-0.1, -0.05) is 13.8 Å². The maximum absolute atomic E-state index is 12.7. The summed E-state index contributed by atoms with van der Waals surface area (Å²) in [7, 11) is 1.86. The molecule has 0 aliphatic heterocycles. The zero-order valence-electron chi connectivity index (χ0n) is 15.0. The summed E-state index contributed by atoms with van der Waals surface area (Å²) in [6, 6.07) is 8.67. The zero-order chi connectivity index (χ0) is 19.6. The second kappa shape index (κ2) is 8.36. The van der Waals surface area contributed by atoms with Crippen LogP contribution in [0.1, 0.15) is 13.8 Å². The number of hydrogen-bond acceptors (Lipinski definition) is 5. The van der Waals surface area contributed by atoms with Crippen LogP contribution in [0.25, 0.3) is 22.6 Å². The molecule has 9 heteroatoms. The van der Waals surface area contributed by atoms with Gasteiger partial charge in [0, 0.05) is 16.8 Å². The molecule has 0 radical (unpaired) electrons. The van der Waals surface area contributed by atoms with E-state index in [0.29, 0.717) is 11.3 Å². The second-order valence-electron chi connectivity index (χ2n) is 5.56. The molecule has 3 nitrogen and oxygen atoms in total. The number of imidazole rings is 1. The monoisotopic (exact) mass is 429 g/mol. The van der Waals surface area contributed by atoms with Crippen molar-refractivity contribution in [3.63, 3.8) is 0 Å². The van der Waals surface area contributed by atoms with Gasteiger partial charge >= 0.3 is 5.51 Å². The van der Waals surface area contributed by atoms with Gasteiger partial charge in [-0.2, -0.15) is 13.2 Å². The molecule has 0 spiro atoms. The van der Waals surface area contributed by atoms with Gasteiger partial charge in [-0.3, -0.25) is 0 Å². The topological polar surface area (TPSA) is 30.7 Å². The third kappa shape index (κ3) is 4.75. The van der Waals surface area contributed by atoms with Crippen LogP contribution in [0.2, 0.25) is 0 Å². The first-order valence-electron chi connectivity index (χ1n) is 8.31. The van der Waals surface area contributed by atoms with Gasteiger partial charge in [0.25, 0.3) is 0 Å². The zero-order valence-corrected chi connectivity index (χ0v) is 17.5. The first-order valence-corrected chi connectivity index (χ1v) is 11.1. The Morgan fingerprint density at radius 1 is 1.00 bits per heavy atom. The maximum atomic E-state index is 12.7. The number of alkyl halides is 3. The number of pyridine rings is 1. The lowest BCUT2D eigenvalue weighted by atomic mass is 10.3. The van der Waals surface area contributed by atoms with E-state index in [1.807, 2.05) is 23.7 Å². The number of rotatable bonds is 6. The Hall–Kier alpha value is -1.32. The molecular formula is C18H18F3N3S3. The van der Waals surface area contributed by atoms with Gasteiger partial charge in [0.05, 0.1) is 16.1 Å². The minimum atomic E-state index is -4.32. The molecule has 1 aromatic carbocycles. The van der Waals surface area contributed by atoms with E-state index >= 15 is 0 Å². The first-order chi connectivity index (χ1) is 12.8. The Morgan fingerprint density at radius 3 is 2.41 bits per heavy atom. The molecule has 0 unspecified atom stereocenters. The normalized spacial score (nSPS) is 12.1. The van der Waals surface area contributed by atoms with Gasteiger partial charge in [-0.25, -0.2) is 9.97 Å². The summed E-state index contributed by atoms with van der Waals surface area (Å²) in [5.41, 5.74) is -2.24. The number of benzene rings is 1. The van der Waals surface area contributed by atoms with Crippen LogP contribution in [-0.2, 0) is 7.05 Å². The Labute approximate surface area is 168 Å². The SMILES string of the molecule is CCSc1ccc(SCC)c(-c2nc3cc(SC(F)(F)F)ccc3n2C)n1. The van der Waals surface area contributed by atoms with Crippen molar-refractivity contribution in [2.45, 2.75) is 34.2 Å². The lowest BCUT2D eigenvalue weighted by molar-refractivity contribution is -0.0328. The predicted octanol–water partition coefficient (Wildman–Crippen LogP) is 6.47. The Morgan fingerprint density at radius 2 is 1.74 bits per heavy atom. The highest BCUT2D eigenvalue weighted by atomic mass is 32.2. The molecule has 0 fully saturated rings. The molecule has 2 aromatic heterocycles. The quantitative estimate of drug-likeness (QED) is 0.419. The van der Waals surface area contributed by atoms with Crippen LogP contribution in [0.5, 0.6) is 0 Å². The van der Waals surface area contributed by atoms with E-state index in [0.717, 1.165) is 32.6 Å². The minimum Gasteiger partial charge on any atom is -0.326 e. The average Bonchev–Trinajstić information content (AvgIpc) is 2.91. The number of nitrogens with zero attached hydrogens (tertiary/aromatic N) is 3. The number of hydrogen-bond donors (Lipinski definition) is 0. The van der Waals surface area contributed by atoms with Gasteiger partial charge in [0.1, 0.15) is 5.69 Å². The van der Waals surface area contributed by atoms with Crippen LogP contribution in [0.4, 0.5) is 13.2 Å². The van der Waals surface area contributed by atoms with Crippen LogP contribution in [0.15, 0.2) is 45.1 Å². The van der Waals surface area contributed by atoms with Gasteiger partial charge < -0.3 is 4.57 Å².